The van der Waals surface area contributed by atoms with Crippen molar-refractivity contribution in [3.63, 3.8) is 0 Å². The average molecular weight is 290 g/mol. The largest absolute Gasteiger partial charge is 0.477 e. The molecule has 114 valence electrons. The molecular weight excluding hydrogens is 268 g/mol. The Morgan fingerprint density at radius 1 is 1.43 bits per heavy atom. The molecule has 0 radical (unpaired) electrons. The Labute approximate surface area is 125 Å². The van der Waals surface area contributed by atoms with Gasteiger partial charge in [-0.3, -0.25) is 4.79 Å². The van der Waals surface area contributed by atoms with E-state index in [1.807, 2.05) is 4.90 Å². The molecule has 5 heteroatoms. The fourth-order valence-electron chi connectivity index (χ4n) is 2.84. The summed E-state index contributed by atoms with van der Waals surface area (Å²) in [5.41, 5.74) is 0.663. The second-order valence-electron chi connectivity index (χ2n) is 5.62. The van der Waals surface area contributed by atoms with Gasteiger partial charge in [-0.05, 0) is 30.9 Å². The Bertz CT molecular complexity index is 516. The molecule has 2 rings (SSSR count). The number of carboxylic acid groups (broad SMARTS) is 1. The first kappa shape index (κ1) is 15.5. The van der Waals surface area contributed by atoms with Gasteiger partial charge in [0.25, 0.3) is 0 Å². The monoisotopic (exact) mass is 290 g/mol. The highest BCUT2D eigenvalue weighted by molar-refractivity contribution is 5.85. The average Bonchev–Trinajstić information content (AvgIpc) is 2.64. The zero-order valence-electron chi connectivity index (χ0n) is 12.4. The molecule has 2 heterocycles. The van der Waals surface area contributed by atoms with E-state index in [-0.39, 0.29) is 11.6 Å². The highest BCUT2D eigenvalue weighted by Gasteiger charge is 2.22. The number of amides is 1. The van der Waals surface area contributed by atoms with Crippen LogP contribution in [0.25, 0.3) is 0 Å². The number of carboxylic acids is 1. The van der Waals surface area contributed by atoms with Crippen molar-refractivity contribution in [2.45, 2.75) is 45.6 Å². The van der Waals surface area contributed by atoms with E-state index < -0.39 is 5.97 Å². The lowest BCUT2D eigenvalue weighted by Gasteiger charge is -2.20. The minimum Gasteiger partial charge on any atom is -0.477 e. The molecular formula is C16H22N2O3. The van der Waals surface area contributed by atoms with Gasteiger partial charge in [-0.25, -0.2) is 9.78 Å². The van der Waals surface area contributed by atoms with E-state index in [2.05, 4.69) is 11.9 Å². The Balaban J connectivity index is 2.02. The topological polar surface area (TPSA) is 70.5 Å². The van der Waals surface area contributed by atoms with Crippen LogP contribution < -0.4 is 0 Å². The van der Waals surface area contributed by atoms with Gasteiger partial charge in [0.1, 0.15) is 5.69 Å². The smallest absolute Gasteiger partial charge is 0.354 e. The second-order valence-corrected chi connectivity index (χ2v) is 5.62. The molecule has 1 aromatic heterocycles. The summed E-state index contributed by atoms with van der Waals surface area (Å²) in [6.45, 7) is 3.31. The molecule has 1 aliphatic heterocycles. The van der Waals surface area contributed by atoms with Gasteiger partial charge < -0.3 is 10.0 Å². The van der Waals surface area contributed by atoms with Gasteiger partial charge in [0.15, 0.2) is 0 Å². The number of rotatable bonds is 5. The van der Waals surface area contributed by atoms with E-state index in [0.717, 1.165) is 25.8 Å². The summed E-state index contributed by atoms with van der Waals surface area (Å²) in [5, 5.41) is 8.96. The first-order chi connectivity index (χ1) is 10.1. The molecule has 1 aliphatic rings. The number of nitrogens with zero attached hydrogens (tertiary/aromatic N) is 2. The number of carbonyl (C=O) groups excluding carboxylic acids is 1. The minimum atomic E-state index is -1.04. The number of aromatic carboxylic acids is 1. The molecule has 1 aromatic rings. The molecule has 5 nitrogen and oxygen atoms in total. The maximum atomic E-state index is 12.2. The van der Waals surface area contributed by atoms with E-state index >= 15 is 0 Å². The van der Waals surface area contributed by atoms with Crippen LogP contribution in [0.5, 0.6) is 0 Å². The van der Waals surface area contributed by atoms with Gasteiger partial charge in [0.2, 0.25) is 5.91 Å². The summed E-state index contributed by atoms with van der Waals surface area (Å²) >= 11 is 0. The highest BCUT2D eigenvalue weighted by atomic mass is 16.4. The van der Waals surface area contributed by atoms with Gasteiger partial charge >= 0.3 is 5.97 Å². The van der Waals surface area contributed by atoms with Gasteiger partial charge in [0, 0.05) is 13.0 Å². The minimum absolute atomic E-state index is 0.0265. The molecule has 1 fully saturated rings. The van der Waals surface area contributed by atoms with Gasteiger partial charge in [-0.15, -0.1) is 0 Å². The number of likely N-dealkylation sites (tertiary alicyclic amines) is 1. The van der Waals surface area contributed by atoms with Crippen molar-refractivity contribution in [1.82, 2.24) is 9.88 Å². The van der Waals surface area contributed by atoms with Crippen molar-refractivity contribution < 1.29 is 14.7 Å². The van der Waals surface area contributed by atoms with Gasteiger partial charge in [-0.2, -0.15) is 0 Å². The second kappa shape index (κ2) is 7.20. The molecule has 1 atom stereocenters. The van der Waals surface area contributed by atoms with Crippen LogP contribution in [0.1, 0.15) is 55.2 Å². The molecule has 0 aliphatic carbocycles. The number of hydrogen-bond donors (Lipinski definition) is 1. The van der Waals surface area contributed by atoms with Crippen LogP contribution in [0.2, 0.25) is 0 Å². The summed E-state index contributed by atoms with van der Waals surface area (Å²) < 4.78 is 0. The fourth-order valence-corrected chi connectivity index (χ4v) is 2.84. The standard InChI is InChI=1S/C16H22N2O3/c1-2-4-12-7-8-15(19)18(10-9-12)11-13-5-3-6-14(17-13)16(20)21/h3,5-6,12H,2,4,7-11H2,1H3,(H,20,21). The van der Waals surface area contributed by atoms with Crippen molar-refractivity contribution in [3.05, 3.63) is 29.6 Å². The number of hydrogen-bond acceptors (Lipinski definition) is 3. The van der Waals surface area contributed by atoms with Crippen molar-refractivity contribution in [2.24, 2.45) is 5.92 Å². The van der Waals surface area contributed by atoms with E-state index in [0.29, 0.717) is 24.6 Å². The Kier molecular flexibility index (Phi) is 5.31. The van der Waals surface area contributed by atoms with E-state index in [9.17, 15) is 9.59 Å². The maximum Gasteiger partial charge on any atom is 0.354 e. The van der Waals surface area contributed by atoms with Crippen LogP contribution in [0, 0.1) is 5.92 Å². The van der Waals surface area contributed by atoms with Gasteiger partial charge in [0.05, 0.1) is 12.2 Å². The SMILES string of the molecule is CCCC1CCC(=O)N(Cc2cccc(C(=O)O)n2)CC1. The summed E-state index contributed by atoms with van der Waals surface area (Å²) in [6, 6.07) is 4.91. The van der Waals surface area contributed by atoms with Crippen molar-refractivity contribution in [1.29, 1.82) is 0 Å². The third-order valence-corrected chi connectivity index (χ3v) is 4.00. The molecule has 1 unspecified atom stereocenters. The Morgan fingerprint density at radius 2 is 2.24 bits per heavy atom. The molecule has 1 N–H and O–H groups in total. The van der Waals surface area contributed by atoms with Crippen LogP contribution in [0.4, 0.5) is 0 Å². The highest BCUT2D eigenvalue weighted by Crippen LogP contribution is 2.23. The predicted molar refractivity (Wildman–Crippen MR) is 78.9 cm³/mol. The quantitative estimate of drug-likeness (QED) is 0.905. The van der Waals surface area contributed by atoms with Crippen LogP contribution in [0.15, 0.2) is 18.2 Å². The molecule has 21 heavy (non-hydrogen) atoms. The lowest BCUT2D eigenvalue weighted by molar-refractivity contribution is -0.131. The van der Waals surface area contributed by atoms with Crippen molar-refractivity contribution >= 4 is 11.9 Å². The third-order valence-electron chi connectivity index (χ3n) is 4.00. The number of pyridine rings is 1. The van der Waals surface area contributed by atoms with Crippen LogP contribution in [-0.2, 0) is 11.3 Å². The number of carbonyl (C=O) groups is 2. The predicted octanol–water partition coefficient (Wildman–Crippen LogP) is 2.71. The Morgan fingerprint density at radius 3 is 2.95 bits per heavy atom. The first-order valence-electron chi connectivity index (χ1n) is 7.57. The molecule has 1 amide bonds. The van der Waals surface area contributed by atoms with Crippen molar-refractivity contribution in [2.75, 3.05) is 6.54 Å². The molecule has 0 spiro atoms. The molecule has 1 saturated heterocycles. The normalized spacial score (nSPS) is 19.4. The summed E-state index contributed by atoms with van der Waals surface area (Å²) in [4.78, 5) is 29.0. The Hall–Kier alpha value is -1.91. The lowest BCUT2D eigenvalue weighted by Crippen LogP contribution is -2.30. The van der Waals surface area contributed by atoms with E-state index in [1.54, 1.807) is 12.1 Å². The van der Waals surface area contributed by atoms with Crippen LogP contribution in [0.3, 0.4) is 0 Å². The lowest BCUT2D eigenvalue weighted by atomic mass is 9.96. The molecule has 0 aromatic carbocycles. The van der Waals surface area contributed by atoms with Crippen LogP contribution >= 0.6 is 0 Å². The number of aromatic nitrogens is 1. The molecule has 0 bridgehead atoms. The van der Waals surface area contributed by atoms with Crippen molar-refractivity contribution in [3.8, 4) is 0 Å². The van der Waals surface area contributed by atoms with Crippen LogP contribution in [-0.4, -0.2) is 33.4 Å². The maximum absolute atomic E-state index is 12.2. The van der Waals surface area contributed by atoms with Gasteiger partial charge in [-0.1, -0.05) is 25.8 Å². The third kappa shape index (κ3) is 4.28. The zero-order chi connectivity index (χ0) is 15.2. The van der Waals surface area contributed by atoms with E-state index in [1.165, 1.54) is 12.5 Å². The molecule has 0 saturated carbocycles. The van der Waals surface area contributed by atoms with E-state index in [4.69, 9.17) is 5.11 Å². The first-order valence-corrected chi connectivity index (χ1v) is 7.57. The summed E-state index contributed by atoms with van der Waals surface area (Å²) in [5.74, 6) is -0.263. The summed E-state index contributed by atoms with van der Waals surface area (Å²) in [6.07, 6.45) is 4.90. The fraction of sp³-hybridized carbons (Fsp3) is 0.562. The zero-order valence-corrected chi connectivity index (χ0v) is 12.4. The summed E-state index contributed by atoms with van der Waals surface area (Å²) in [7, 11) is 0.